The number of hydrogen-bond acceptors (Lipinski definition) is 4. The van der Waals surface area contributed by atoms with Gasteiger partial charge < -0.3 is 10.4 Å². The van der Waals surface area contributed by atoms with E-state index < -0.39 is 0 Å². The molecule has 5 heteroatoms. The van der Waals surface area contributed by atoms with Crippen molar-refractivity contribution in [1.82, 2.24) is 4.98 Å². The fourth-order valence-corrected chi connectivity index (χ4v) is 2.75. The van der Waals surface area contributed by atoms with Gasteiger partial charge in [0.2, 0.25) is 0 Å². The highest BCUT2D eigenvalue weighted by molar-refractivity contribution is 7.99. The van der Waals surface area contributed by atoms with Crippen LogP contribution in [0.5, 0.6) is 0 Å². The maximum absolute atomic E-state index is 8.69. The Labute approximate surface area is 122 Å². The second kappa shape index (κ2) is 7.58. The quantitative estimate of drug-likeness (QED) is 0.769. The Kier molecular flexibility index (Phi) is 5.76. The topological polar surface area (TPSA) is 45.1 Å². The fourth-order valence-electron chi connectivity index (χ4n) is 1.80. The van der Waals surface area contributed by atoms with Crippen LogP contribution in [0.25, 0.3) is 10.9 Å². The van der Waals surface area contributed by atoms with Crippen molar-refractivity contribution >= 4 is 40.0 Å². The third-order valence-corrected chi connectivity index (χ3v) is 4.02. The van der Waals surface area contributed by atoms with Crippen LogP contribution in [0.2, 0.25) is 5.02 Å². The summed E-state index contributed by atoms with van der Waals surface area (Å²) >= 11 is 7.81. The molecule has 1 aromatic heterocycles. The number of aromatic nitrogens is 1. The van der Waals surface area contributed by atoms with Crippen LogP contribution in [-0.2, 0) is 0 Å². The number of hydrogen-bond donors (Lipinski definition) is 2. The van der Waals surface area contributed by atoms with E-state index in [1.54, 1.807) is 6.20 Å². The predicted molar refractivity (Wildman–Crippen MR) is 84.3 cm³/mol. The molecule has 0 bridgehead atoms. The van der Waals surface area contributed by atoms with Crippen LogP contribution in [0.3, 0.4) is 0 Å². The number of pyridine rings is 1. The van der Waals surface area contributed by atoms with E-state index in [2.05, 4.69) is 10.3 Å². The molecule has 0 amide bonds. The summed E-state index contributed by atoms with van der Waals surface area (Å²) in [6.07, 6.45) is 2.65. The van der Waals surface area contributed by atoms with Crippen LogP contribution in [-0.4, -0.2) is 34.7 Å². The maximum Gasteiger partial charge on any atom is 0.0737 e. The zero-order valence-electron chi connectivity index (χ0n) is 10.6. The highest BCUT2D eigenvalue weighted by Crippen LogP contribution is 2.24. The van der Waals surface area contributed by atoms with Crippen molar-refractivity contribution in [3.8, 4) is 0 Å². The van der Waals surface area contributed by atoms with Gasteiger partial charge in [-0.2, -0.15) is 11.8 Å². The summed E-state index contributed by atoms with van der Waals surface area (Å²) in [6, 6.07) is 7.73. The van der Waals surface area contributed by atoms with Crippen LogP contribution in [0.15, 0.2) is 30.5 Å². The van der Waals surface area contributed by atoms with E-state index in [0.717, 1.165) is 41.1 Å². The molecule has 0 atom stereocenters. The standard InChI is InChI=1S/C14H17ClN2OS/c15-11-2-3-12-13(4-5-16-14(12)10-11)17-6-9-19-8-1-7-18/h2-5,10,18H,1,6-9H2,(H,16,17). The number of rotatable bonds is 7. The number of aliphatic hydroxyl groups is 1. The molecule has 0 unspecified atom stereocenters. The van der Waals surface area contributed by atoms with E-state index in [-0.39, 0.29) is 6.61 Å². The van der Waals surface area contributed by atoms with Gasteiger partial charge in [-0.25, -0.2) is 0 Å². The Bertz CT molecular complexity index is 536. The normalized spacial score (nSPS) is 10.8. The lowest BCUT2D eigenvalue weighted by atomic mass is 10.2. The monoisotopic (exact) mass is 296 g/mol. The summed E-state index contributed by atoms with van der Waals surface area (Å²) in [6.45, 7) is 1.17. The Balaban J connectivity index is 1.93. The van der Waals surface area contributed by atoms with Crippen LogP contribution in [0, 0.1) is 0 Å². The van der Waals surface area contributed by atoms with Crippen LogP contribution >= 0.6 is 23.4 Å². The molecule has 1 aromatic carbocycles. The molecular formula is C14H17ClN2OS. The Hall–Kier alpha value is -0.970. The second-order valence-corrected chi connectivity index (χ2v) is 5.80. The van der Waals surface area contributed by atoms with Crippen molar-refractivity contribution in [1.29, 1.82) is 0 Å². The van der Waals surface area contributed by atoms with Crippen LogP contribution < -0.4 is 5.32 Å². The SMILES string of the molecule is OCCCSCCNc1ccnc2cc(Cl)ccc12. The zero-order chi connectivity index (χ0) is 13.5. The van der Waals surface area contributed by atoms with Gasteiger partial charge in [-0.1, -0.05) is 11.6 Å². The van der Waals surface area contributed by atoms with Crippen molar-refractivity contribution < 1.29 is 5.11 Å². The molecule has 0 saturated heterocycles. The van der Waals surface area contributed by atoms with Gasteiger partial charge in [0.1, 0.15) is 0 Å². The van der Waals surface area contributed by atoms with Crippen molar-refractivity contribution in [2.45, 2.75) is 6.42 Å². The van der Waals surface area contributed by atoms with Gasteiger partial charge in [0.25, 0.3) is 0 Å². The fraction of sp³-hybridized carbons (Fsp3) is 0.357. The average Bonchev–Trinajstić information content (AvgIpc) is 2.42. The molecule has 2 N–H and O–H groups in total. The predicted octanol–water partition coefficient (Wildman–Crippen LogP) is 3.42. The summed E-state index contributed by atoms with van der Waals surface area (Å²) in [7, 11) is 0. The molecular weight excluding hydrogens is 280 g/mol. The van der Waals surface area contributed by atoms with Crippen molar-refractivity contribution in [3.05, 3.63) is 35.5 Å². The molecule has 0 saturated carbocycles. The summed E-state index contributed by atoms with van der Waals surface area (Å²) in [5, 5.41) is 13.9. The van der Waals surface area contributed by atoms with E-state index in [4.69, 9.17) is 16.7 Å². The lowest BCUT2D eigenvalue weighted by Gasteiger charge is -2.09. The number of halogens is 1. The van der Waals surface area contributed by atoms with Gasteiger partial charge in [-0.15, -0.1) is 0 Å². The smallest absolute Gasteiger partial charge is 0.0737 e. The number of aliphatic hydroxyl groups excluding tert-OH is 1. The van der Waals surface area contributed by atoms with E-state index >= 15 is 0 Å². The second-order valence-electron chi connectivity index (χ2n) is 4.14. The van der Waals surface area contributed by atoms with Gasteiger partial charge in [0.15, 0.2) is 0 Å². The lowest BCUT2D eigenvalue weighted by Crippen LogP contribution is -2.05. The maximum atomic E-state index is 8.69. The first-order chi connectivity index (χ1) is 9.31. The number of benzene rings is 1. The number of anilines is 1. The van der Waals surface area contributed by atoms with Crippen molar-refractivity contribution in [2.24, 2.45) is 0 Å². The van der Waals surface area contributed by atoms with Crippen LogP contribution in [0.1, 0.15) is 6.42 Å². The molecule has 0 fully saturated rings. The summed E-state index contributed by atoms with van der Waals surface area (Å²) in [4.78, 5) is 4.31. The first-order valence-electron chi connectivity index (χ1n) is 6.28. The van der Waals surface area contributed by atoms with Gasteiger partial charge in [0.05, 0.1) is 5.52 Å². The number of fused-ring (bicyclic) bond motifs is 1. The molecule has 3 nitrogen and oxygen atoms in total. The van der Waals surface area contributed by atoms with Gasteiger partial charge in [-0.05, 0) is 36.4 Å². The largest absolute Gasteiger partial charge is 0.396 e. The first-order valence-corrected chi connectivity index (χ1v) is 7.81. The first kappa shape index (κ1) is 14.4. The molecule has 0 radical (unpaired) electrons. The van der Waals surface area contributed by atoms with Gasteiger partial charge in [0, 0.05) is 41.2 Å². The molecule has 0 spiro atoms. The van der Waals surface area contributed by atoms with E-state index in [1.165, 1.54) is 0 Å². The zero-order valence-corrected chi connectivity index (χ0v) is 12.2. The third-order valence-electron chi connectivity index (χ3n) is 2.71. The van der Waals surface area contributed by atoms with Gasteiger partial charge in [-0.3, -0.25) is 4.98 Å². The molecule has 19 heavy (non-hydrogen) atoms. The van der Waals surface area contributed by atoms with Gasteiger partial charge >= 0.3 is 0 Å². The molecule has 0 aliphatic heterocycles. The molecule has 0 aliphatic carbocycles. The minimum absolute atomic E-state index is 0.274. The number of nitrogens with zero attached hydrogens (tertiary/aromatic N) is 1. The third kappa shape index (κ3) is 4.27. The minimum atomic E-state index is 0.274. The van der Waals surface area contributed by atoms with Crippen molar-refractivity contribution in [2.75, 3.05) is 30.0 Å². The molecule has 2 aromatic rings. The van der Waals surface area contributed by atoms with Crippen molar-refractivity contribution in [3.63, 3.8) is 0 Å². The Morgan fingerprint density at radius 2 is 2.16 bits per heavy atom. The minimum Gasteiger partial charge on any atom is -0.396 e. The summed E-state index contributed by atoms with van der Waals surface area (Å²) in [5.74, 6) is 2.03. The molecule has 0 aliphatic rings. The Morgan fingerprint density at radius 1 is 1.26 bits per heavy atom. The highest BCUT2D eigenvalue weighted by Gasteiger charge is 2.01. The molecule has 2 rings (SSSR count). The summed E-state index contributed by atoms with van der Waals surface area (Å²) < 4.78 is 0. The average molecular weight is 297 g/mol. The number of nitrogens with one attached hydrogen (secondary N) is 1. The van der Waals surface area contributed by atoms with E-state index in [1.807, 2.05) is 36.0 Å². The van der Waals surface area contributed by atoms with E-state index in [9.17, 15) is 0 Å². The molecule has 1 heterocycles. The summed E-state index contributed by atoms with van der Waals surface area (Å²) in [5.41, 5.74) is 2.00. The molecule has 102 valence electrons. The van der Waals surface area contributed by atoms with Crippen LogP contribution in [0.4, 0.5) is 5.69 Å². The van der Waals surface area contributed by atoms with E-state index in [0.29, 0.717) is 5.02 Å². The Morgan fingerprint density at radius 3 is 3.00 bits per heavy atom. The number of thioether (sulfide) groups is 1. The lowest BCUT2D eigenvalue weighted by molar-refractivity contribution is 0.296. The highest BCUT2D eigenvalue weighted by atomic mass is 35.5.